The number of allylic oxidation sites excluding steroid dienone is 1. The van der Waals surface area contributed by atoms with E-state index in [4.69, 9.17) is 0 Å². The summed E-state index contributed by atoms with van der Waals surface area (Å²) in [6.45, 7) is 4.94. The normalized spacial score (nSPS) is 12.1. The van der Waals surface area contributed by atoms with Gasteiger partial charge in [-0.1, -0.05) is 18.7 Å². The van der Waals surface area contributed by atoms with E-state index in [1.54, 1.807) is 19.1 Å². The first kappa shape index (κ1) is 8.43. The second kappa shape index (κ2) is 3.45. The highest BCUT2D eigenvalue weighted by Gasteiger charge is 1.98. The smallest absolute Gasteiger partial charge is 0.174 e. The summed E-state index contributed by atoms with van der Waals surface area (Å²) in [5, 5.41) is 0.965. The molecule has 0 aromatic rings. The molecule has 0 aliphatic carbocycles. The molecule has 0 unspecified atom stereocenters. The minimum absolute atomic E-state index is 0.0625. The topological polar surface area (TPSA) is 34.1 Å². The molecule has 0 amide bonds. The van der Waals surface area contributed by atoms with Crippen molar-refractivity contribution in [3.63, 3.8) is 0 Å². The first-order valence-electron chi connectivity index (χ1n) is 2.58. The van der Waals surface area contributed by atoms with Crippen LogP contribution in [0.1, 0.15) is 6.92 Å². The molecule has 0 aliphatic heterocycles. The average molecular weight is 146 g/mol. The minimum Gasteiger partial charge on any atom is -0.224 e. The quantitative estimate of drug-likeness (QED) is 0.559. The Morgan fingerprint density at radius 2 is 2.11 bits per heavy atom. The van der Waals surface area contributed by atoms with Crippen molar-refractivity contribution < 1.29 is 8.42 Å². The predicted octanol–water partition coefficient (Wildman–Crippen LogP) is 1.12. The molecule has 0 atom stereocenters. The molecule has 0 fully saturated rings. The SMILES string of the molecule is C=CS(=O)(=O)CC=CC. The van der Waals surface area contributed by atoms with Gasteiger partial charge < -0.3 is 0 Å². The van der Waals surface area contributed by atoms with Crippen molar-refractivity contribution in [1.29, 1.82) is 0 Å². The van der Waals surface area contributed by atoms with Gasteiger partial charge in [-0.15, -0.1) is 0 Å². The number of sulfone groups is 1. The summed E-state index contributed by atoms with van der Waals surface area (Å²) in [5.41, 5.74) is 0. The molecule has 0 N–H and O–H groups in total. The van der Waals surface area contributed by atoms with Crippen LogP contribution in [-0.4, -0.2) is 14.2 Å². The maximum Gasteiger partial charge on any atom is 0.174 e. The molecule has 0 aliphatic rings. The molecule has 0 heterocycles. The predicted molar refractivity (Wildman–Crippen MR) is 38.8 cm³/mol. The van der Waals surface area contributed by atoms with Crippen LogP contribution >= 0.6 is 0 Å². The van der Waals surface area contributed by atoms with Gasteiger partial charge in [-0.2, -0.15) is 0 Å². The lowest BCUT2D eigenvalue weighted by Gasteiger charge is -1.87. The number of hydrogen-bond acceptors (Lipinski definition) is 2. The maximum absolute atomic E-state index is 10.6. The van der Waals surface area contributed by atoms with E-state index in [1.165, 1.54) is 0 Å². The molecule has 0 saturated carbocycles. The van der Waals surface area contributed by atoms with Crippen LogP contribution in [0.2, 0.25) is 0 Å². The van der Waals surface area contributed by atoms with Crippen LogP contribution in [-0.2, 0) is 9.84 Å². The van der Waals surface area contributed by atoms with Crippen LogP contribution < -0.4 is 0 Å². The van der Waals surface area contributed by atoms with Crippen molar-refractivity contribution in [2.45, 2.75) is 6.92 Å². The van der Waals surface area contributed by atoms with Crippen LogP contribution in [0.3, 0.4) is 0 Å². The van der Waals surface area contributed by atoms with E-state index in [1.807, 2.05) is 0 Å². The molecule has 9 heavy (non-hydrogen) atoms. The zero-order chi connectivity index (χ0) is 7.33. The van der Waals surface area contributed by atoms with Crippen molar-refractivity contribution in [2.75, 3.05) is 5.75 Å². The fraction of sp³-hybridized carbons (Fsp3) is 0.333. The van der Waals surface area contributed by atoms with Crippen LogP contribution in [0.15, 0.2) is 24.1 Å². The standard InChI is InChI=1S/C6H10O2S/c1-3-5-6-9(7,8)4-2/h3-5H,2,6H2,1H3. The summed E-state index contributed by atoms with van der Waals surface area (Å²) < 4.78 is 21.2. The Morgan fingerprint density at radius 3 is 2.44 bits per heavy atom. The molecule has 0 bridgehead atoms. The lowest BCUT2D eigenvalue weighted by Crippen LogP contribution is -1.97. The van der Waals surface area contributed by atoms with Crippen molar-refractivity contribution >= 4 is 9.84 Å². The monoisotopic (exact) mass is 146 g/mol. The van der Waals surface area contributed by atoms with E-state index < -0.39 is 9.84 Å². The lowest BCUT2D eigenvalue weighted by molar-refractivity contribution is 0.607. The van der Waals surface area contributed by atoms with Gasteiger partial charge in [0.05, 0.1) is 5.75 Å². The molecule has 0 aromatic heterocycles. The van der Waals surface area contributed by atoms with Crippen LogP contribution in [0.4, 0.5) is 0 Å². The van der Waals surface area contributed by atoms with Crippen LogP contribution in [0.5, 0.6) is 0 Å². The fourth-order valence-corrected chi connectivity index (χ4v) is 0.895. The molecular formula is C6H10O2S. The molecule has 0 saturated heterocycles. The van der Waals surface area contributed by atoms with E-state index in [0.717, 1.165) is 5.41 Å². The molecule has 0 radical (unpaired) electrons. The van der Waals surface area contributed by atoms with E-state index in [9.17, 15) is 8.42 Å². The van der Waals surface area contributed by atoms with Gasteiger partial charge in [-0.25, -0.2) is 8.42 Å². The Kier molecular flexibility index (Phi) is 3.24. The van der Waals surface area contributed by atoms with E-state index in [0.29, 0.717) is 0 Å². The van der Waals surface area contributed by atoms with Gasteiger partial charge in [0.1, 0.15) is 0 Å². The van der Waals surface area contributed by atoms with Crippen LogP contribution in [0, 0.1) is 0 Å². The highest BCUT2D eigenvalue weighted by Crippen LogP contribution is 1.89. The number of hydrogen-bond donors (Lipinski definition) is 0. The highest BCUT2D eigenvalue weighted by molar-refractivity contribution is 7.94. The van der Waals surface area contributed by atoms with Crippen molar-refractivity contribution in [3.05, 3.63) is 24.1 Å². The third kappa shape index (κ3) is 3.97. The van der Waals surface area contributed by atoms with E-state index in [-0.39, 0.29) is 5.75 Å². The second-order valence-corrected chi connectivity index (χ2v) is 3.56. The first-order chi connectivity index (χ1) is 4.12. The summed E-state index contributed by atoms with van der Waals surface area (Å²) in [7, 11) is -3.00. The maximum atomic E-state index is 10.6. The van der Waals surface area contributed by atoms with Crippen molar-refractivity contribution in [1.82, 2.24) is 0 Å². The van der Waals surface area contributed by atoms with Crippen LogP contribution in [0.25, 0.3) is 0 Å². The largest absolute Gasteiger partial charge is 0.224 e. The van der Waals surface area contributed by atoms with Gasteiger partial charge in [0.25, 0.3) is 0 Å². The van der Waals surface area contributed by atoms with Gasteiger partial charge in [-0.3, -0.25) is 0 Å². The summed E-state index contributed by atoms with van der Waals surface area (Å²) >= 11 is 0. The van der Waals surface area contributed by atoms with Gasteiger partial charge in [0.2, 0.25) is 0 Å². The van der Waals surface area contributed by atoms with Gasteiger partial charge in [0.15, 0.2) is 9.84 Å². The average Bonchev–Trinajstić information content (AvgIpc) is 1.84. The fourth-order valence-electron chi connectivity index (χ4n) is 0.298. The molecule has 2 nitrogen and oxygen atoms in total. The summed E-state index contributed by atoms with van der Waals surface area (Å²) in [4.78, 5) is 0. The molecule has 0 rings (SSSR count). The summed E-state index contributed by atoms with van der Waals surface area (Å²) in [6, 6.07) is 0. The molecule has 52 valence electrons. The van der Waals surface area contributed by atoms with E-state index in [2.05, 4.69) is 6.58 Å². The highest BCUT2D eigenvalue weighted by atomic mass is 32.2. The van der Waals surface area contributed by atoms with Crippen molar-refractivity contribution in [3.8, 4) is 0 Å². The Morgan fingerprint density at radius 1 is 1.56 bits per heavy atom. The minimum atomic E-state index is -3.00. The molecule has 3 heteroatoms. The van der Waals surface area contributed by atoms with E-state index >= 15 is 0 Å². The third-order valence-corrected chi connectivity index (χ3v) is 1.98. The van der Waals surface area contributed by atoms with Gasteiger partial charge in [-0.05, 0) is 6.92 Å². The second-order valence-electron chi connectivity index (χ2n) is 1.57. The Balaban J connectivity index is 4.05. The lowest BCUT2D eigenvalue weighted by atomic mass is 10.6. The zero-order valence-electron chi connectivity index (χ0n) is 5.37. The zero-order valence-corrected chi connectivity index (χ0v) is 6.19. The van der Waals surface area contributed by atoms with Gasteiger partial charge in [0, 0.05) is 5.41 Å². The molecular weight excluding hydrogens is 136 g/mol. The third-order valence-electron chi connectivity index (χ3n) is 0.818. The molecule has 0 aromatic carbocycles. The Labute approximate surface area is 55.8 Å². The Hall–Kier alpha value is -0.570. The van der Waals surface area contributed by atoms with Gasteiger partial charge >= 0.3 is 0 Å². The van der Waals surface area contributed by atoms with Crippen molar-refractivity contribution in [2.24, 2.45) is 0 Å². The number of rotatable bonds is 3. The first-order valence-corrected chi connectivity index (χ1v) is 4.30. The summed E-state index contributed by atoms with van der Waals surface area (Å²) in [5.74, 6) is 0.0625. The molecule has 0 spiro atoms. The summed E-state index contributed by atoms with van der Waals surface area (Å²) in [6.07, 6.45) is 3.28. The Bertz CT molecular complexity index is 199.